The maximum atomic E-state index is 10.00. The van der Waals surface area contributed by atoms with Gasteiger partial charge in [0.05, 0.1) is 18.2 Å². The molecule has 218 valence electrons. The summed E-state index contributed by atoms with van der Waals surface area (Å²) in [5.41, 5.74) is 8.07. The van der Waals surface area contributed by atoms with Crippen LogP contribution in [0.25, 0.3) is 83.2 Å². The van der Waals surface area contributed by atoms with E-state index in [1.165, 1.54) is 0 Å². The largest absolute Gasteiger partial charge is 0.455 e. The molecule has 0 amide bonds. The lowest BCUT2D eigenvalue weighted by atomic mass is 9.92. The molecule has 8 aromatic rings. The first-order valence-electron chi connectivity index (χ1n) is 15.0. The number of aromatic nitrogens is 3. The van der Waals surface area contributed by atoms with Gasteiger partial charge in [0.15, 0.2) is 23.2 Å². The van der Waals surface area contributed by atoms with Crippen LogP contribution in [0.2, 0.25) is 0 Å². The van der Waals surface area contributed by atoms with Gasteiger partial charge >= 0.3 is 0 Å². The van der Waals surface area contributed by atoms with E-state index in [4.69, 9.17) is 25.9 Å². The van der Waals surface area contributed by atoms with E-state index in [9.17, 15) is 5.26 Å². The zero-order chi connectivity index (χ0) is 31.7. The van der Waals surface area contributed by atoms with E-state index >= 15 is 0 Å². The minimum atomic E-state index is 0.511. The highest BCUT2D eigenvalue weighted by molar-refractivity contribution is 6.16. The summed E-state index contributed by atoms with van der Waals surface area (Å²) < 4.78 is 6.64. The number of hydrogen-bond donors (Lipinski definition) is 0. The quantitative estimate of drug-likeness (QED) is 0.183. The molecule has 0 aliphatic carbocycles. The first kappa shape index (κ1) is 27.6. The first-order valence-corrected chi connectivity index (χ1v) is 15.0. The van der Waals surface area contributed by atoms with Gasteiger partial charge in [-0.2, -0.15) is 5.26 Å². The molecule has 0 radical (unpaired) electrons. The molecule has 6 heteroatoms. The van der Waals surface area contributed by atoms with E-state index in [1.807, 2.05) is 127 Å². The van der Waals surface area contributed by atoms with Crippen molar-refractivity contribution in [2.45, 2.75) is 0 Å². The molecular formula is C41H23N5O. The topological polar surface area (TPSA) is 80.0 Å². The summed E-state index contributed by atoms with van der Waals surface area (Å²) in [4.78, 5) is 18.7. The van der Waals surface area contributed by atoms with Crippen molar-refractivity contribution in [3.8, 4) is 62.5 Å². The van der Waals surface area contributed by atoms with Crippen molar-refractivity contribution in [3.05, 3.63) is 157 Å². The Kier molecular flexibility index (Phi) is 6.80. The van der Waals surface area contributed by atoms with E-state index in [0.29, 0.717) is 39.9 Å². The predicted molar refractivity (Wildman–Crippen MR) is 185 cm³/mol. The Morgan fingerprint density at radius 1 is 0.553 bits per heavy atom. The van der Waals surface area contributed by atoms with E-state index < -0.39 is 0 Å². The van der Waals surface area contributed by atoms with E-state index in [-0.39, 0.29) is 0 Å². The number of nitriles is 1. The van der Waals surface area contributed by atoms with Crippen LogP contribution in [0.5, 0.6) is 0 Å². The fourth-order valence-corrected chi connectivity index (χ4v) is 6.03. The average molecular weight is 602 g/mol. The zero-order valence-corrected chi connectivity index (χ0v) is 24.9. The Morgan fingerprint density at radius 2 is 1.15 bits per heavy atom. The van der Waals surface area contributed by atoms with Crippen molar-refractivity contribution in [2.24, 2.45) is 0 Å². The van der Waals surface area contributed by atoms with Gasteiger partial charge in [0.25, 0.3) is 0 Å². The molecule has 6 nitrogen and oxygen atoms in total. The predicted octanol–water partition coefficient (Wildman–Crippen LogP) is 10.5. The smallest absolute Gasteiger partial charge is 0.195 e. The minimum absolute atomic E-state index is 0.511. The number of fused-ring (bicyclic) bond motifs is 3. The molecule has 6 aromatic carbocycles. The summed E-state index contributed by atoms with van der Waals surface area (Å²) >= 11 is 0. The molecule has 0 spiro atoms. The maximum Gasteiger partial charge on any atom is 0.195 e. The number of benzene rings is 6. The van der Waals surface area contributed by atoms with Gasteiger partial charge in [-0.25, -0.2) is 19.8 Å². The van der Waals surface area contributed by atoms with Crippen molar-refractivity contribution in [1.82, 2.24) is 15.0 Å². The van der Waals surface area contributed by atoms with Crippen molar-refractivity contribution >= 4 is 27.6 Å². The van der Waals surface area contributed by atoms with Gasteiger partial charge in [-0.15, -0.1) is 0 Å². The van der Waals surface area contributed by atoms with Crippen LogP contribution < -0.4 is 0 Å². The van der Waals surface area contributed by atoms with E-state index in [1.54, 1.807) is 6.07 Å². The summed E-state index contributed by atoms with van der Waals surface area (Å²) in [6.07, 6.45) is 0. The first-order chi connectivity index (χ1) is 23.2. The maximum absolute atomic E-state index is 10.00. The molecule has 0 saturated carbocycles. The SMILES string of the molecule is [C-]#[N+]c1ccccc1-c1cc(-c2ccccc2C#N)cc2c1oc1cccc(-c3nc(-c4ccccc4)nc(-c4ccccc4)n3)c12. The lowest BCUT2D eigenvalue weighted by Crippen LogP contribution is -2.00. The second kappa shape index (κ2) is 11.6. The lowest BCUT2D eigenvalue weighted by Gasteiger charge is -2.11. The van der Waals surface area contributed by atoms with Crippen LogP contribution in [0.15, 0.2) is 144 Å². The van der Waals surface area contributed by atoms with Crippen LogP contribution >= 0.6 is 0 Å². The third-order valence-corrected chi connectivity index (χ3v) is 8.21. The molecule has 8 rings (SSSR count). The summed E-state index contributed by atoms with van der Waals surface area (Å²) in [5, 5.41) is 11.7. The molecule has 0 atom stereocenters. The van der Waals surface area contributed by atoms with Crippen LogP contribution in [0.4, 0.5) is 5.69 Å². The third-order valence-electron chi connectivity index (χ3n) is 8.21. The fourth-order valence-electron chi connectivity index (χ4n) is 6.03. The highest BCUT2D eigenvalue weighted by Crippen LogP contribution is 2.45. The summed E-state index contributed by atoms with van der Waals surface area (Å²) in [5.74, 6) is 1.64. The minimum Gasteiger partial charge on any atom is -0.455 e. The zero-order valence-electron chi connectivity index (χ0n) is 24.9. The van der Waals surface area contributed by atoms with Crippen molar-refractivity contribution in [2.75, 3.05) is 0 Å². The molecule has 2 aromatic heterocycles. The summed E-state index contributed by atoms with van der Waals surface area (Å²) in [6, 6.07) is 47.1. The molecule has 0 bridgehead atoms. The standard InChI is InChI=1S/C41H23N5O/c1-43-35-21-11-10-19-31(35)33-23-29(30-18-9-8-17-28(30)25-42)24-34-37-32(20-12-22-36(37)47-38(33)34)41-45-39(26-13-4-2-5-14-26)44-40(46-41)27-15-6-3-7-16-27/h2-24H. The van der Waals surface area contributed by atoms with Gasteiger partial charge in [-0.05, 0) is 41.0 Å². The highest BCUT2D eigenvalue weighted by atomic mass is 16.3. The second-order valence-corrected chi connectivity index (χ2v) is 11.0. The molecule has 0 N–H and O–H groups in total. The molecule has 2 heterocycles. The molecule has 0 unspecified atom stereocenters. The van der Waals surface area contributed by atoms with Gasteiger partial charge in [0.2, 0.25) is 0 Å². The van der Waals surface area contributed by atoms with Gasteiger partial charge < -0.3 is 4.42 Å². The van der Waals surface area contributed by atoms with Gasteiger partial charge in [0.1, 0.15) is 11.2 Å². The number of para-hydroxylation sites is 1. The summed E-state index contributed by atoms with van der Waals surface area (Å²) in [6.45, 7) is 7.89. The highest BCUT2D eigenvalue weighted by Gasteiger charge is 2.22. The Hall–Kier alpha value is -6.89. The Morgan fingerprint density at radius 3 is 1.83 bits per heavy atom. The third kappa shape index (κ3) is 4.88. The number of nitrogens with zero attached hydrogens (tertiary/aromatic N) is 5. The van der Waals surface area contributed by atoms with Crippen molar-refractivity contribution in [1.29, 1.82) is 5.26 Å². The molecule has 0 aliphatic heterocycles. The molecule has 0 fully saturated rings. The number of furan rings is 1. The van der Waals surface area contributed by atoms with Crippen LogP contribution in [0.1, 0.15) is 5.56 Å². The normalized spacial score (nSPS) is 10.9. The lowest BCUT2D eigenvalue weighted by molar-refractivity contribution is 0.670. The van der Waals surface area contributed by atoms with Crippen LogP contribution in [0.3, 0.4) is 0 Å². The molecule has 0 saturated heterocycles. The van der Waals surface area contributed by atoms with E-state index in [0.717, 1.165) is 49.7 Å². The van der Waals surface area contributed by atoms with Crippen molar-refractivity contribution < 1.29 is 4.42 Å². The average Bonchev–Trinajstić information content (AvgIpc) is 3.54. The number of rotatable bonds is 5. The van der Waals surface area contributed by atoms with Gasteiger partial charge in [-0.3, -0.25) is 0 Å². The van der Waals surface area contributed by atoms with Crippen LogP contribution in [0, 0.1) is 17.9 Å². The Labute approximate surface area is 270 Å². The van der Waals surface area contributed by atoms with Gasteiger partial charge in [-0.1, -0.05) is 115 Å². The Bertz CT molecular complexity index is 2480. The van der Waals surface area contributed by atoms with Crippen molar-refractivity contribution in [3.63, 3.8) is 0 Å². The number of hydrogen-bond acceptors (Lipinski definition) is 5. The van der Waals surface area contributed by atoms with E-state index in [2.05, 4.69) is 17.0 Å². The molecule has 0 aliphatic rings. The fraction of sp³-hybridized carbons (Fsp3) is 0. The second-order valence-electron chi connectivity index (χ2n) is 11.0. The van der Waals surface area contributed by atoms with Crippen LogP contribution in [-0.2, 0) is 0 Å². The summed E-state index contributed by atoms with van der Waals surface area (Å²) in [7, 11) is 0. The van der Waals surface area contributed by atoms with Gasteiger partial charge in [0, 0.05) is 33.0 Å². The van der Waals surface area contributed by atoms with Crippen LogP contribution in [-0.4, -0.2) is 15.0 Å². The Balaban J connectivity index is 1.46. The molecular weight excluding hydrogens is 578 g/mol. The monoisotopic (exact) mass is 601 g/mol. The molecule has 47 heavy (non-hydrogen) atoms.